The van der Waals surface area contributed by atoms with E-state index in [4.69, 9.17) is 11.6 Å². The van der Waals surface area contributed by atoms with Crippen molar-refractivity contribution in [3.63, 3.8) is 0 Å². The number of para-hydroxylation sites is 1. The van der Waals surface area contributed by atoms with Gasteiger partial charge in [0.25, 0.3) is 0 Å². The molecule has 1 N–H and O–H groups in total. The molecule has 1 fully saturated rings. The van der Waals surface area contributed by atoms with Gasteiger partial charge < -0.3 is 5.32 Å². The van der Waals surface area contributed by atoms with E-state index in [0.29, 0.717) is 5.39 Å². The van der Waals surface area contributed by atoms with Gasteiger partial charge in [0.05, 0.1) is 16.1 Å². The molecule has 1 saturated carbocycles. The number of nitrogens with zero attached hydrogens (tertiary/aromatic N) is 2. The lowest BCUT2D eigenvalue weighted by Crippen LogP contribution is -2.30. The molecule has 42 heavy (non-hydrogen) atoms. The summed E-state index contributed by atoms with van der Waals surface area (Å²) < 4.78 is 57.2. The molecule has 0 atom stereocenters. The van der Waals surface area contributed by atoms with Crippen LogP contribution in [0.25, 0.3) is 10.9 Å². The van der Waals surface area contributed by atoms with Crippen LogP contribution in [0, 0.1) is 16.6 Å². The van der Waals surface area contributed by atoms with Gasteiger partial charge in [-0.15, -0.1) is 0 Å². The van der Waals surface area contributed by atoms with Crippen molar-refractivity contribution in [1.82, 2.24) is 9.97 Å². The van der Waals surface area contributed by atoms with Crippen molar-refractivity contribution in [3.05, 3.63) is 63.7 Å². The molecule has 0 bridgehead atoms. The monoisotopic (exact) mass is 605 g/mol. The molecule has 1 aromatic heterocycles. The molecule has 2 aromatic carbocycles. The fourth-order valence-corrected chi connectivity index (χ4v) is 5.51. The predicted octanol–water partition coefficient (Wildman–Crippen LogP) is 8.80. The molecule has 4 rings (SSSR count). The first-order chi connectivity index (χ1) is 19.5. The van der Waals surface area contributed by atoms with Crippen molar-refractivity contribution in [2.45, 2.75) is 91.8 Å². The average Bonchev–Trinajstić information content (AvgIpc) is 2.88. The molecule has 3 aromatic rings. The second-order valence-corrected chi connectivity index (χ2v) is 13.4. The highest BCUT2D eigenvalue weighted by Crippen LogP contribution is 2.38. The second kappa shape index (κ2) is 11.9. The number of nitrogens with one attached hydrogen (secondary N) is 1. The molecule has 10 heteroatoms. The van der Waals surface area contributed by atoms with Crippen molar-refractivity contribution in [2.75, 3.05) is 5.32 Å². The topological polar surface area (TPSA) is 72.0 Å². The van der Waals surface area contributed by atoms with Gasteiger partial charge in [-0.05, 0) is 60.8 Å². The minimum atomic E-state index is -4.81. The molecule has 1 aliphatic rings. The van der Waals surface area contributed by atoms with Crippen LogP contribution < -0.4 is 5.32 Å². The van der Waals surface area contributed by atoms with Crippen molar-refractivity contribution in [3.8, 4) is 0 Å². The van der Waals surface area contributed by atoms with E-state index < -0.39 is 35.4 Å². The number of hydrogen-bond donors (Lipinski definition) is 1. The van der Waals surface area contributed by atoms with E-state index in [1.54, 1.807) is 32.9 Å². The summed E-state index contributed by atoms with van der Waals surface area (Å²) in [4.78, 5) is 33.4. The number of fused-ring (bicyclic) bond motifs is 1. The Kier molecular flexibility index (Phi) is 9.03. The van der Waals surface area contributed by atoms with Crippen LogP contribution in [0.3, 0.4) is 0 Å². The van der Waals surface area contributed by atoms with Gasteiger partial charge in [-0.1, -0.05) is 64.4 Å². The average molecular weight is 606 g/mol. The fourth-order valence-electron chi connectivity index (χ4n) is 5.26. The molecule has 1 aliphatic carbocycles. The van der Waals surface area contributed by atoms with Crippen LogP contribution in [0.5, 0.6) is 0 Å². The minimum absolute atomic E-state index is 0.0322. The minimum Gasteiger partial charge on any atom is -0.367 e. The van der Waals surface area contributed by atoms with Crippen molar-refractivity contribution < 1.29 is 27.2 Å². The first-order valence-electron chi connectivity index (χ1n) is 14.1. The van der Waals surface area contributed by atoms with Crippen LogP contribution in [0.1, 0.15) is 94.0 Å². The molecule has 226 valence electrons. The van der Waals surface area contributed by atoms with Crippen LogP contribution in [0.2, 0.25) is 5.02 Å². The van der Waals surface area contributed by atoms with Gasteiger partial charge in [-0.3, -0.25) is 9.59 Å². The first kappa shape index (κ1) is 31.9. The predicted molar refractivity (Wildman–Crippen MR) is 156 cm³/mol. The Morgan fingerprint density at radius 3 is 2.31 bits per heavy atom. The number of carbonyl (C=O) groups excluding carboxylic acids is 2. The standard InChI is InChI=1S/C32H36ClF4N3O2/c1-30(2,3)24(42)12-10-18-9-11-22(33)25(26(18)34)23(41)17-19-7-6-8-21-27(19)39-29(32(35,36)37)40-28(21)38-20-13-15-31(4,5)16-14-20/h6-9,11,20H,10,12-17H2,1-5H3,(H,38,39,40). The summed E-state index contributed by atoms with van der Waals surface area (Å²) in [5.74, 6) is -2.85. The second-order valence-electron chi connectivity index (χ2n) is 13.0. The zero-order valence-corrected chi connectivity index (χ0v) is 25.3. The van der Waals surface area contributed by atoms with Crippen molar-refractivity contribution in [2.24, 2.45) is 10.8 Å². The van der Waals surface area contributed by atoms with Gasteiger partial charge in [-0.2, -0.15) is 13.2 Å². The van der Waals surface area contributed by atoms with Gasteiger partial charge in [-0.25, -0.2) is 14.4 Å². The van der Waals surface area contributed by atoms with Crippen molar-refractivity contribution >= 4 is 39.9 Å². The smallest absolute Gasteiger partial charge is 0.367 e. The van der Waals surface area contributed by atoms with E-state index in [2.05, 4.69) is 29.1 Å². The molecule has 0 radical (unpaired) electrons. The quantitative estimate of drug-likeness (QED) is 0.205. The third-order valence-electron chi connectivity index (χ3n) is 8.00. The number of alkyl halides is 3. The number of ketones is 2. The SMILES string of the molecule is CC1(C)CCC(Nc2nc(C(F)(F)F)nc3c(CC(=O)c4c(Cl)ccc(CCC(=O)C(C)(C)C)c4F)cccc23)CC1. The van der Waals surface area contributed by atoms with Gasteiger partial charge in [0.2, 0.25) is 5.82 Å². The maximum atomic E-state index is 15.5. The Labute approximate surface area is 248 Å². The summed E-state index contributed by atoms with van der Waals surface area (Å²) in [7, 11) is 0. The first-order valence-corrected chi connectivity index (χ1v) is 14.5. The molecule has 0 spiro atoms. The Balaban J connectivity index is 1.68. The molecule has 0 aliphatic heterocycles. The van der Waals surface area contributed by atoms with Gasteiger partial charge in [0.1, 0.15) is 17.4 Å². The Hall–Kier alpha value is -3.07. The van der Waals surface area contributed by atoms with Crippen LogP contribution in [0.4, 0.5) is 23.4 Å². The summed E-state index contributed by atoms with van der Waals surface area (Å²) in [6.07, 6.45) is -1.65. The molecule has 0 saturated heterocycles. The molecule has 1 heterocycles. The summed E-state index contributed by atoms with van der Waals surface area (Å²) in [5, 5.41) is 3.43. The number of benzene rings is 2. The maximum Gasteiger partial charge on any atom is 0.451 e. The van der Waals surface area contributed by atoms with Crippen LogP contribution in [-0.4, -0.2) is 27.6 Å². The van der Waals surface area contributed by atoms with Gasteiger partial charge in [0, 0.05) is 29.7 Å². The lowest BCUT2D eigenvalue weighted by Gasteiger charge is -2.35. The molecule has 5 nitrogen and oxygen atoms in total. The molecular formula is C32H36ClF4N3O2. The lowest BCUT2D eigenvalue weighted by molar-refractivity contribution is -0.144. The van der Waals surface area contributed by atoms with E-state index in [1.165, 1.54) is 18.2 Å². The van der Waals surface area contributed by atoms with E-state index in [1.807, 2.05) is 0 Å². The lowest BCUT2D eigenvalue weighted by atomic mass is 9.75. The normalized spacial score (nSPS) is 16.0. The van der Waals surface area contributed by atoms with E-state index in [-0.39, 0.29) is 63.1 Å². The summed E-state index contributed by atoms with van der Waals surface area (Å²) in [5.41, 5.74) is -0.442. The zero-order valence-electron chi connectivity index (χ0n) is 24.5. The Morgan fingerprint density at radius 2 is 1.69 bits per heavy atom. The molecule has 0 amide bonds. The third-order valence-corrected chi connectivity index (χ3v) is 8.32. The van der Waals surface area contributed by atoms with Crippen LogP contribution in [0.15, 0.2) is 30.3 Å². The Bertz CT molecular complexity index is 1500. The molecular weight excluding hydrogens is 570 g/mol. The fraction of sp³-hybridized carbons (Fsp3) is 0.500. The number of anilines is 1. The van der Waals surface area contributed by atoms with Crippen LogP contribution in [-0.2, 0) is 23.8 Å². The Morgan fingerprint density at radius 1 is 1.02 bits per heavy atom. The highest BCUT2D eigenvalue weighted by molar-refractivity contribution is 6.34. The summed E-state index contributed by atoms with van der Waals surface area (Å²) in [6, 6.07) is 7.51. The summed E-state index contributed by atoms with van der Waals surface area (Å²) >= 11 is 6.24. The number of aryl methyl sites for hydroxylation is 1. The van der Waals surface area contributed by atoms with Crippen LogP contribution >= 0.6 is 11.6 Å². The third kappa shape index (κ3) is 7.28. The van der Waals surface area contributed by atoms with E-state index >= 15 is 4.39 Å². The van der Waals surface area contributed by atoms with Crippen molar-refractivity contribution in [1.29, 1.82) is 0 Å². The highest BCUT2D eigenvalue weighted by Gasteiger charge is 2.36. The number of rotatable bonds is 8. The largest absolute Gasteiger partial charge is 0.451 e. The zero-order chi connectivity index (χ0) is 31.0. The number of hydrogen-bond acceptors (Lipinski definition) is 5. The summed E-state index contributed by atoms with van der Waals surface area (Å²) in [6.45, 7) is 9.67. The van der Waals surface area contributed by atoms with Gasteiger partial charge >= 0.3 is 6.18 Å². The highest BCUT2D eigenvalue weighted by atomic mass is 35.5. The van der Waals surface area contributed by atoms with Gasteiger partial charge in [0.15, 0.2) is 5.78 Å². The van der Waals surface area contributed by atoms with E-state index in [0.717, 1.165) is 25.7 Å². The number of aromatic nitrogens is 2. The number of Topliss-reactive ketones (excluding diaryl/α,β-unsaturated/α-hetero) is 2. The number of carbonyl (C=O) groups is 2. The molecule has 0 unspecified atom stereocenters. The number of halogens is 5. The maximum absolute atomic E-state index is 15.5. The van der Waals surface area contributed by atoms with E-state index in [9.17, 15) is 22.8 Å².